The van der Waals surface area contributed by atoms with Gasteiger partial charge in [-0.2, -0.15) is 9.36 Å². The van der Waals surface area contributed by atoms with E-state index in [1.165, 1.54) is 17.8 Å². The van der Waals surface area contributed by atoms with Crippen LogP contribution in [0.15, 0.2) is 41.2 Å². The smallest absolute Gasteiger partial charge is 0.368 e. The normalized spacial score (nSPS) is 11.2. The first kappa shape index (κ1) is 18.8. The monoisotopic (exact) mass is 374 g/mol. The van der Waals surface area contributed by atoms with Crippen molar-refractivity contribution >= 4 is 0 Å². The predicted octanol–water partition coefficient (Wildman–Crippen LogP) is 3.35. The summed E-state index contributed by atoms with van der Waals surface area (Å²) in [4.78, 5) is 12.2. The second-order valence-electron chi connectivity index (χ2n) is 6.20. The third-order valence-corrected chi connectivity index (χ3v) is 4.35. The van der Waals surface area contributed by atoms with E-state index in [1.54, 1.807) is 25.1 Å². The number of nitrogens with zero attached hydrogens (tertiary/aromatic N) is 4. The number of ether oxygens (including phenoxy) is 1. The van der Waals surface area contributed by atoms with Crippen LogP contribution >= 0.6 is 0 Å². The number of hydrogen-bond acceptors (Lipinski definition) is 4. The summed E-state index contributed by atoms with van der Waals surface area (Å²) in [6, 6.07) is 10.1. The molecule has 0 unspecified atom stereocenters. The molecule has 0 aliphatic carbocycles. The van der Waals surface area contributed by atoms with Crippen LogP contribution in [-0.2, 0) is 20.1 Å². The number of alkyl halides is 2. The van der Waals surface area contributed by atoms with Gasteiger partial charge in [-0.25, -0.2) is 13.6 Å². The van der Waals surface area contributed by atoms with Gasteiger partial charge in [0.25, 0.3) is 6.43 Å². The molecule has 0 N–H and O–H groups in total. The van der Waals surface area contributed by atoms with Crippen LogP contribution in [0, 0.1) is 6.92 Å². The summed E-state index contributed by atoms with van der Waals surface area (Å²) in [5, 5.41) is 7.61. The second-order valence-corrected chi connectivity index (χ2v) is 6.20. The average Bonchev–Trinajstić information content (AvgIpc) is 2.99. The van der Waals surface area contributed by atoms with Gasteiger partial charge >= 0.3 is 5.69 Å². The van der Waals surface area contributed by atoms with E-state index in [2.05, 4.69) is 10.4 Å². The molecule has 1 heterocycles. The Kier molecular flexibility index (Phi) is 5.34. The first-order valence-electron chi connectivity index (χ1n) is 8.54. The van der Waals surface area contributed by atoms with Crippen LogP contribution in [0.1, 0.15) is 35.6 Å². The molecule has 3 rings (SSSR count). The van der Waals surface area contributed by atoms with Gasteiger partial charge in [-0.05, 0) is 47.5 Å². The third kappa shape index (κ3) is 3.74. The summed E-state index contributed by atoms with van der Waals surface area (Å²) in [5.74, 6) is 0.124. The van der Waals surface area contributed by atoms with Crippen LogP contribution < -0.4 is 10.4 Å². The standard InChI is InChI=1S/C19H20F2N4O2/c1-4-13-6-5-7-16(25-19(26)24(3)22-23-25)15(13)11-27-17-9-8-12(2)10-14(17)18(20)21/h5-10,18H,4,11H2,1-3H3. The SMILES string of the molecule is CCc1cccc(-n2nnn(C)c2=O)c1COc1ccc(C)cc1C(F)F. The molecule has 0 aliphatic heterocycles. The lowest BCUT2D eigenvalue weighted by molar-refractivity contribution is 0.144. The molecule has 8 heteroatoms. The van der Waals surface area contributed by atoms with Crippen molar-refractivity contribution in [3.8, 4) is 11.4 Å². The van der Waals surface area contributed by atoms with Gasteiger partial charge in [-0.15, -0.1) is 0 Å². The Hall–Kier alpha value is -3.03. The summed E-state index contributed by atoms with van der Waals surface area (Å²) in [7, 11) is 1.51. The quantitative estimate of drug-likeness (QED) is 0.664. The molecule has 6 nitrogen and oxygen atoms in total. The van der Waals surface area contributed by atoms with E-state index in [9.17, 15) is 13.6 Å². The van der Waals surface area contributed by atoms with E-state index in [1.807, 2.05) is 19.1 Å². The van der Waals surface area contributed by atoms with Gasteiger partial charge in [0.1, 0.15) is 12.4 Å². The molecule has 0 aliphatic rings. The molecule has 3 aromatic rings. The number of tetrazole rings is 1. The van der Waals surface area contributed by atoms with Gasteiger partial charge in [-0.3, -0.25) is 0 Å². The van der Waals surface area contributed by atoms with Crippen LogP contribution in [0.25, 0.3) is 5.69 Å². The molecule has 0 fully saturated rings. The minimum absolute atomic E-state index is 0.0329. The first-order valence-corrected chi connectivity index (χ1v) is 8.54. The lowest BCUT2D eigenvalue weighted by atomic mass is 10.0. The van der Waals surface area contributed by atoms with E-state index >= 15 is 0 Å². The average molecular weight is 374 g/mol. The summed E-state index contributed by atoms with van der Waals surface area (Å²) in [5.41, 5.74) is 2.37. The highest BCUT2D eigenvalue weighted by atomic mass is 19.3. The molecule has 0 spiro atoms. The van der Waals surface area contributed by atoms with Crippen LogP contribution in [-0.4, -0.2) is 19.8 Å². The Morgan fingerprint density at radius 1 is 1.19 bits per heavy atom. The molecule has 0 amide bonds. The van der Waals surface area contributed by atoms with E-state index in [-0.39, 0.29) is 17.9 Å². The molecular weight excluding hydrogens is 354 g/mol. The fourth-order valence-corrected chi connectivity index (χ4v) is 2.90. The molecule has 0 radical (unpaired) electrons. The van der Waals surface area contributed by atoms with Gasteiger partial charge in [0.2, 0.25) is 0 Å². The largest absolute Gasteiger partial charge is 0.488 e. The number of benzene rings is 2. The Morgan fingerprint density at radius 2 is 1.96 bits per heavy atom. The highest BCUT2D eigenvalue weighted by Crippen LogP contribution is 2.31. The van der Waals surface area contributed by atoms with Gasteiger partial charge in [0.15, 0.2) is 0 Å². The van der Waals surface area contributed by atoms with Gasteiger partial charge in [-0.1, -0.05) is 30.7 Å². The summed E-state index contributed by atoms with van der Waals surface area (Å²) < 4.78 is 34.7. The zero-order valence-electron chi connectivity index (χ0n) is 15.3. The van der Waals surface area contributed by atoms with Crippen LogP contribution in [0.3, 0.4) is 0 Å². The maximum atomic E-state index is 13.3. The number of aryl methyl sites for hydroxylation is 3. The molecule has 0 bridgehead atoms. The van der Waals surface area contributed by atoms with Crippen molar-refractivity contribution < 1.29 is 13.5 Å². The lowest BCUT2D eigenvalue weighted by Crippen LogP contribution is -2.23. The first-order chi connectivity index (χ1) is 12.9. The van der Waals surface area contributed by atoms with Crippen LogP contribution in [0.4, 0.5) is 8.78 Å². The number of halogens is 2. The molecule has 0 saturated heterocycles. The van der Waals surface area contributed by atoms with Gasteiger partial charge in [0, 0.05) is 12.6 Å². The highest BCUT2D eigenvalue weighted by Gasteiger charge is 2.18. The second kappa shape index (κ2) is 7.69. The predicted molar refractivity (Wildman–Crippen MR) is 96.4 cm³/mol. The van der Waals surface area contributed by atoms with Crippen molar-refractivity contribution in [2.24, 2.45) is 7.05 Å². The zero-order valence-corrected chi connectivity index (χ0v) is 15.3. The van der Waals surface area contributed by atoms with Crippen molar-refractivity contribution in [2.75, 3.05) is 0 Å². The summed E-state index contributed by atoms with van der Waals surface area (Å²) >= 11 is 0. The molecule has 1 aromatic heterocycles. The molecule has 2 aromatic carbocycles. The minimum Gasteiger partial charge on any atom is -0.488 e. The fourth-order valence-electron chi connectivity index (χ4n) is 2.90. The molecule has 0 saturated carbocycles. The van der Waals surface area contributed by atoms with Crippen molar-refractivity contribution in [3.05, 3.63) is 69.1 Å². The molecule has 0 atom stereocenters. The van der Waals surface area contributed by atoms with E-state index in [0.717, 1.165) is 15.8 Å². The van der Waals surface area contributed by atoms with E-state index in [4.69, 9.17) is 4.74 Å². The Labute approximate surface area is 155 Å². The Balaban J connectivity index is 2.00. The third-order valence-electron chi connectivity index (χ3n) is 4.35. The van der Waals surface area contributed by atoms with Crippen molar-refractivity contribution in [1.82, 2.24) is 19.8 Å². The minimum atomic E-state index is -2.64. The number of aromatic nitrogens is 4. The van der Waals surface area contributed by atoms with Crippen LogP contribution in [0.5, 0.6) is 5.75 Å². The Bertz CT molecular complexity index is 1010. The molecule has 27 heavy (non-hydrogen) atoms. The molecular formula is C19H20F2N4O2. The Morgan fingerprint density at radius 3 is 2.59 bits per heavy atom. The van der Waals surface area contributed by atoms with Crippen molar-refractivity contribution in [1.29, 1.82) is 0 Å². The zero-order chi connectivity index (χ0) is 19.6. The maximum Gasteiger partial charge on any atom is 0.368 e. The van der Waals surface area contributed by atoms with Gasteiger partial charge in [0.05, 0.1) is 11.3 Å². The van der Waals surface area contributed by atoms with E-state index < -0.39 is 12.1 Å². The molecule has 142 valence electrons. The maximum absolute atomic E-state index is 13.3. The summed E-state index contributed by atoms with van der Waals surface area (Å²) in [6.07, 6.45) is -1.94. The van der Waals surface area contributed by atoms with Crippen LogP contribution in [0.2, 0.25) is 0 Å². The summed E-state index contributed by atoms with van der Waals surface area (Å²) in [6.45, 7) is 3.75. The number of hydrogen-bond donors (Lipinski definition) is 0. The van der Waals surface area contributed by atoms with E-state index in [0.29, 0.717) is 17.7 Å². The number of rotatable bonds is 6. The highest BCUT2D eigenvalue weighted by molar-refractivity contribution is 5.46. The fraction of sp³-hybridized carbons (Fsp3) is 0.316. The lowest BCUT2D eigenvalue weighted by Gasteiger charge is -2.16. The van der Waals surface area contributed by atoms with Crippen molar-refractivity contribution in [2.45, 2.75) is 33.3 Å². The van der Waals surface area contributed by atoms with Crippen molar-refractivity contribution in [3.63, 3.8) is 0 Å². The topological polar surface area (TPSA) is 61.9 Å². The van der Waals surface area contributed by atoms with Gasteiger partial charge < -0.3 is 4.74 Å².